The van der Waals surface area contributed by atoms with E-state index in [9.17, 15) is 0 Å². The molecule has 0 amide bonds. The molecule has 0 aromatic carbocycles. The second-order valence-electron chi connectivity index (χ2n) is 4.59. The molecule has 2 rings (SSSR count). The third kappa shape index (κ3) is 1.29. The second-order valence-corrected chi connectivity index (χ2v) is 4.59. The molecule has 12 heavy (non-hydrogen) atoms. The molecule has 0 N–H and O–H groups in total. The molecule has 0 bridgehead atoms. The summed E-state index contributed by atoms with van der Waals surface area (Å²) in [6.45, 7) is 3.90. The molecule has 1 unspecified atom stereocenters. The molecule has 3 heteroatoms. The average molecular weight is 166 g/mol. The Hall–Kier alpha value is -0.0151. The Labute approximate surface area is 76.3 Å². The lowest BCUT2D eigenvalue weighted by atomic mass is 9.86. The number of hydrogen-bond donors (Lipinski definition) is 0. The maximum atomic E-state index is 2.60. The highest BCUT2D eigenvalue weighted by Crippen LogP contribution is 2.34. The summed E-state index contributed by atoms with van der Waals surface area (Å²) in [5, 5.41) is 0. The van der Waals surface area contributed by atoms with Crippen LogP contribution in [0.15, 0.2) is 0 Å². The molecule has 68 valence electrons. The fourth-order valence-electron chi connectivity index (χ4n) is 2.81. The molecule has 0 saturated carbocycles. The summed E-state index contributed by atoms with van der Waals surface area (Å²) in [6, 6.07) is 0. The number of rotatable bonds is 0. The number of nitrogens with zero attached hydrogens (tertiary/aromatic N) is 2. The van der Waals surface area contributed by atoms with Gasteiger partial charge in [0.05, 0.1) is 0 Å². The second kappa shape index (κ2) is 3.04. The summed E-state index contributed by atoms with van der Waals surface area (Å²) in [7, 11) is 4.55. The zero-order chi connectivity index (χ0) is 8.60. The Bertz CT molecular complexity index is 170. The maximum Gasteiger partial charge on any atom is 0.185 e. The van der Waals surface area contributed by atoms with Crippen LogP contribution in [0, 0.1) is 0 Å². The van der Waals surface area contributed by atoms with Gasteiger partial charge in [-0.25, -0.2) is 0 Å². The first-order valence-electron chi connectivity index (χ1n) is 5.13. The SMILES string of the molecule is BN1CCC2(CCCCN2C)C1. The highest BCUT2D eigenvalue weighted by Gasteiger charge is 2.40. The molecule has 1 spiro atoms. The third-order valence-electron chi connectivity index (χ3n) is 3.72. The van der Waals surface area contributed by atoms with Crippen molar-refractivity contribution in [2.45, 2.75) is 31.2 Å². The van der Waals surface area contributed by atoms with Crippen molar-refractivity contribution in [1.82, 2.24) is 9.71 Å². The maximum absolute atomic E-state index is 2.60. The van der Waals surface area contributed by atoms with Crippen molar-refractivity contribution in [2.75, 3.05) is 26.7 Å². The van der Waals surface area contributed by atoms with Crippen LogP contribution in [0.2, 0.25) is 0 Å². The van der Waals surface area contributed by atoms with Crippen LogP contribution in [0.25, 0.3) is 0 Å². The van der Waals surface area contributed by atoms with Gasteiger partial charge in [0.25, 0.3) is 0 Å². The summed E-state index contributed by atoms with van der Waals surface area (Å²) in [5.74, 6) is 0. The molecule has 1 atom stereocenters. The van der Waals surface area contributed by atoms with Crippen molar-refractivity contribution in [3.8, 4) is 0 Å². The first-order valence-corrected chi connectivity index (χ1v) is 5.13. The lowest BCUT2D eigenvalue weighted by Crippen LogP contribution is -2.51. The van der Waals surface area contributed by atoms with Crippen LogP contribution in [0.1, 0.15) is 25.7 Å². The molecule has 0 radical (unpaired) electrons. The summed E-state index contributed by atoms with van der Waals surface area (Å²) in [4.78, 5) is 5.07. The number of likely N-dealkylation sites (tertiary alicyclic amines) is 1. The van der Waals surface area contributed by atoms with E-state index in [1.165, 1.54) is 45.3 Å². The van der Waals surface area contributed by atoms with Gasteiger partial charge in [0.2, 0.25) is 0 Å². The predicted molar refractivity (Wildman–Crippen MR) is 53.9 cm³/mol. The average Bonchev–Trinajstić information content (AvgIpc) is 2.41. The first kappa shape index (κ1) is 8.58. The summed E-state index contributed by atoms with van der Waals surface area (Å²) in [5.41, 5.74) is 0.562. The summed E-state index contributed by atoms with van der Waals surface area (Å²) in [6.07, 6.45) is 5.66. The fourth-order valence-corrected chi connectivity index (χ4v) is 2.81. The van der Waals surface area contributed by atoms with Crippen LogP contribution >= 0.6 is 0 Å². The molecular weight excluding hydrogens is 147 g/mol. The van der Waals surface area contributed by atoms with E-state index in [0.29, 0.717) is 5.54 Å². The molecular formula is C9H19BN2. The topological polar surface area (TPSA) is 6.48 Å². The standard InChI is InChI=1S/C9H19BN2/c1-11-6-3-2-4-9(11)5-7-12(10)8-9/h2-8,10H2,1H3. The normalized spacial score (nSPS) is 39.4. The lowest BCUT2D eigenvalue weighted by Gasteiger charge is -2.42. The van der Waals surface area contributed by atoms with Crippen LogP contribution in [0.5, 0.6) is 0 Å². The van der Waals surface area contributed by atoms with Crippen LogP contribution in [-0.4, -0.2) is 49.9 Å². The van der Waals surface area contributed by atoms with E-state index >= 15 is 0 Å². The Morgan fingerprint density at radius 2 is 2.00 bits per heavy atom. The van der Waals surface area contributed by atoms with Gasteiger partial charge in [0.1, 0.15) is 0 Å². The van der Waals surface area contributed by atoms with Crippen LogP contribution in [0.4, 0.5) is 0 Å². The molecule has 0 aliphatic carbocycles. The highest BCUT2D eigenvalue weighted by atomic mass is 15.3. The molecule has 2 fully saturated rings. The van der Waals surface area contributed by atoms with Crippen molar-refractivity contribution in [3.05, 3.63) is 0 Å². The summed E-state index contributed by atoms with van der Waals surface area (Å²) < 4.78 is 0. The lowest BCUT2D eigenvalue weighted by molar-refractivity contribution is 0.0863. The minimum absolute atomic E-state index is 0.562. The Kier molecular flexibility index (Phi) is 2.17. The van der Waals surface area contributed by atoms with Crippen molar-refractivity contribution in [3.63, 3.8) is 0 Å². The van der Waals surface area contributed by atoms with Gasteiger partial charge in [-0.2, -0.15) is 0 Å². The zero-order valence-electron chi connectivity index (χ0n) is 8.34. The van der Waals surface area contributed by atoms with E-state index in [1.54, 1.807) is 0 Å². The molecule has 2 nitrogen and oxygen atoms in total. The fraction of sp³-hybridized carbons (Fsp3) is 1.00. The largest absolute Gasteiger partial charge is 0.347 e. The van der Waals surface area contributed by atoms with Crippen molar-refractivity contribution in [2.24, 2.45) is 0 Å². The molecule has 2 aliphatic rings. The van der Waals surface area contributed by atoms with Gasteiger partial charge >= 0.3 is 0 Å². The number of hydrogen-bond acceptors (Lipinski definition) is 2. The number of likely N-dealkylation sites (N-methyl/N-ethyl adjacent to an activating group) is 1. The monoisotopic (exact) mass is 166 g/mol. The van der Waals surface area contributed by atoms with Crippen molar-refractivity contribution >= 4 is 7.98 Å². The van der Waals surface area contributed by atoms with Gasteiger partial charge in [-0.15, -0.1) is 0 Å². The number of piperidine rings is 1. The van der Waals surface area contributed by atoms with Crippen molar-refractivity contribution < 1.29 is 0 Å². The Morgan fingerprint density at radius 3 is 2.58 bits per heavy atom. The molecule has 2 aliphatic heterocycles. The molecule has 0 aromatic heterocycles. The van der Waals surface area contributed by atoms with Crippen LogP contribution < -0.4 is 0 Å². The van der Waals surface area contributed by atoms with E-state index in [2.05, 4.69) is 24.7 Å². The zero-order valence-corrected chi connectivity index (χ0v) is 8.34. The third-order valence-corrected chi connectivity index (χ3v) is 3.72. The van der Waals surface area contributed by atoms with Crippen LogP contribution in [-0.2, 0) is 0 Å². The quantitative estimate of drug-likeness (QED) is 0.471. The predicted octanol–water partition coefficient (Wildman–Crippen LogP) is 0.0947. The van der Waals surface area contributed by atoms with E-state index in [0.717, 1.165) is 0 Å². The van der Waals surface area contributed by atoms with Gasteiger partial charge in [-0.1, -0.05) is 6.42 Å². The van der Waals surface area contributed by atoms with Gasteiger partial charge in [-0.3, -0.25) is 4.90 Å². The molecule has 2 heterocycles. The minimum atomic E-state index is 0.562. The molecule has 0 aromatic rings. The van der Waals surface area contributed by atoms with Gasteiger partial charge in [0, 0.05) is 12.1 Å². The highest BCUT2D eigenvalue weighted by molar-refractivity contribution is 6.04. The Balaban J connectivity index is 2.07. The van der Waals surface area contributed by atoms with Crippen molar-refractivity contribution in [1.29, 1.82) is 0 Å². The van der Waals surface area contributed by atoms with Gasteiger partial charge in [-0.05, 0) is 39.4 Å². The Morgan fingerprint density at radius 1 is 1.17 bits per heavy atom. The van der Waals surface area contributed by atoms with Gasteiger partial charge < -0.3 is 4.81 Å². The first-order chi connectivity index (χ1) is 5.73. The van der Waals surface area contributed by atoms with E-state index < -0.39 is 0 Å². The van der Waals surface area contributed by atoms with Crippen LogP contribution in [0.3, 0.4) is 0 Å². The van der Waals surface area contributed by atoms with E-state index in [4.69, 9.17) is 0 Å². The summed E-state index contributed by atoms with van der Waals surface area (Å²) >= 11 is 0. The smallest absolute Gasteiger partial charge is 0.185 e. The minimum Gasteiger partial charge on any atom is -0.347 e. The van der Waals surface area contributed by atoms with E-state index in [-0.39, 0.29) is 0 Å². The van der Waals surface area contributed by atoms with Gasteiger partial charge in [0.15, 0.2) is 7.98 Å². The molecule has 2 saturated heterocycles. The van der Waals surface area contributed by atoms with E-state index in [1.807, 2.05) is 0 Å².